The summed E-state index contributed by atoms with van der Waals surface area (Å²) >= 11 is 0. The van der Waals surface area contributed by atoms with Gasteiger partial charge in [0.15, 0.2) is 34.9 Å². The normalized spacial score (nSPS) is 16.8. The lowest BCUT2D eigenvalue weighted by Crippen LogP contribution is -2.34. The van der Waals surface area contributed by atoms with Crippen molar-refractivity contribution in [2.24, 2.45) is 0 Å². The Labute approximate surface area is 204 Å². The lowest BCUT2D eigenvalue weighted by molar-refractivity contribution is -0.0189. The van der Waals surface area contributed by atoms with Crippen LogP contribution in [0.4, 0.5) is 0 Å². The van der Waals surface area contributed by atoms with Gasteiger partial charge in [0.2, 0.25) is 5.75 Å². The molecule has 3 aromatic carbocycles. The first-order valence-corrected chi connectivity index (χ1v) is 10.8. The predicted molar refractivity (Wildman–Crippen MR) is 123 cm³/mol. The van der Waals surface area contributed by atoms with Gasteiger partial charge in [-0.15, -0.1) is 0 Å². The van der Waals surface area contributed by atoms with Gasteiger partial charge in [0.25, 0.3) is 0 Å². The molecule has 0 unspecified atom stereocenters. The summed E-state index contributed by atoms with van der Waals surface area (Å²) in [4.78, 5) is 13.1. The topological polar surface area (TPSA) is 186 Å². The Balaban J connectivity index is 1.73. The van der Waals surface area contributed by atoms with Crippen molar-refractivity contribution in [2.45, 2.75) is 38.6 Å². The van der Waals surface area contributed by atoms with Crippen molar-refractivity contribution in [1.82, 2.24) is 0 Å². The molecule has 0 bridgehead atoms. The number of phenols is 7. The average molecular weight is 500 g/mol. The highest BCUT2D eigenvalue weighted by molar-refractivity contribution is 5.91. The number of esters is 1. The van der Waals surface area contributed by atoms with Crippen molar-refractivity contribution in [3.05, 3.63) is 53.1 Å². The Morgan fingerprint density at radius 1 is 0.861 bits per heavy atom. The molecule has 4 rings (SSSR count). The van der Waals surface area contributed by atoms with E-state index in [1.807, 2.05) is 0 Å². The number of carbonyl (C=O) groups is 1. The first-order valence-electron chi connectivity index (χ1n) is 10.8. The van der Waals surface area contributed by atoms with E-state index in [1.54, 1.807) is 13.8 Å². The molecule has 3 aromatic rings. The van der Waals surface area contributed by atoms with E-state index in [-0.39, 0.29) is 52.2 Å². The summed E-state index contributed by atoms with van der Waals surface area (Å²) in [5, 5.41) is 69.9. The standard InChI is InChI=1S/C25H24O11/c1-10(2)34-20-6-12(5-18(30)23(20)32)25(33)36-21-9-14-15(27)7-13(26)8-19(14)35-24(21)11-3-16(28)22(31)17(29)4-11/h3-8,10,21,24,26-32H,9H2,1-2H3/t21-,24+/m0/s1. The number of carbonyl (C=O) groups excluding carboxylic acids is 1. The number of benzene rings is 3. The molecule has 1 aliphatic heterocycles. The number of fused-ring (bicyclic) bond motifs is 1. The van der Waals surface area contributed by atoms with Gasteiger partial charge in [0, 0.05) is 29.7 Å². The van der Waals surface area contributed by atoms with E-state index in [9.17, 15) is 40.5 Å². The predicted octanol–water partition coefficient (Wildman–Crippen LogP) is 3.31. The second-order valence-electron chi connectivity index (χ2n) is 8.54. The van der Waals surface area contributed by atoms with Crippen LogP contribution >= 0.6 is 0 Å². The van der Waals surface area contributed by atoms with Crippen LogP contribution in [-0.4, -0.2) is 53.9 Å². The van der Waals surface area contributed by atoms with Gasteiger partial charge in [0.05, 0.1) is 11.7 Å². The van der Waals surface area contributed by atoms with E-state index >= 15 is 0 Å². The fourth-order valence-corrected chi connectivity index (χ4v) is 3.88. The van der Waals surface area contributed by atoms with Gasteiger partial charge < -0.3 is 50.0 Å². The molecule has 11 nitrogen and oxygen atoms in total. The van der Waals surface area contributed by atoms with Crippen LogP contribution in [0.15, 0.2) is 36.4 Å². The third-order valence-corrected chi connectivity index (χ3v) is 5.50. The Morgan fingerprint density at radius 3 is 2.14 bits per heavy atom. The number of hydrogen-bond donors (Lipinski definition) is 7. The molecule has 0 spiro atoms. The maximum absolute atomic E-state index is 13.1. The first-order chi connectivity index (χ1) is 16.9. The fourth-order valence-electron chi connectivity index (χ4n) is 3.88. The van der Waals surface area contributed by atoms with Crippen LogP contribution < -0.4 is 9.47 Å². The Hall–Kier alpha value is -4.67. The summed E-state index contributed by atoms with van der Waals surface area (Å²) in [5.74, 6) is -4.81. The van der Waals surface area contributed by atoms with Crippen LogP contribution in [0.2, 0.25) is 0 Å². The quantitative estimate of drug-likeness (QED) is 0.201. The first kappa shape index (κ1) is 24.5. The average Bonchev–Trinajstić information content (AvgIpc) is 2.79. The van der Waals surface area contributed by atoms with Gasteiger partial charge >= 0.3 is 5.97 Å². The van der Waals surface area contributed by atoms with E-state index in [4.69, 9.17) is 14.2 Å². The number of hydrogen-bond acceptors (Lipinski definition) is 11. The minimum absolute atomic E-state index is 0.0757. The number of phenolic OH excluding ortho intramolecular Hbond substituents is 7. The fraction of sp³-hybridized carbons (Fsp3) is 0.240. The second kappa shape index (κ2) is 9.17. The van der Waals surface area contributed by atoms with Gasteiger partial charge in [-0.1, -0.05) is 0 Å². The molecule has 0 aromatic heterocycles. The molecule has 0 amide bonds. The van der Waals surface area contributed by atoms with E-state index in [0.717, 1.165) is 24.3 Å². The minimum atomic E-state index is -1.16. The van der Waals surface area contributed by atoms with Crippen LogP contribution in [0.25, 0.3) is 0 Å². The summed E-state index contributed by atoms with van der Waals surface area (Å²) in [5.41, 5.74) is 0.190. The minimum Gasteiger partial charge on any atom is -0.508 e. The molecular formula is C25H24O11. The van der Waals surface area contributed by atoms with Crippen molar-refractivity contribution in [1.29, 1.82) is 0 Å². The second-order valence-corrected chi connectivity index (χ2v) is 8.54. The number of ether oxygens (including phenoxy) is 3. The molecule has 0 radical (unpaired) electrons. The molecular weight excluding hydrogens is 476 g/mol. The molecule has 7 N–H and O–H groups in total. The Morgan fingerprint density at radius 2 is 1.50 bits per heavy atom. The van der Waals surface area contributed by atoms with Crippen LogP contribution in [0.1, 0.15) is 41.4 Å². The third kappa shape index (κ3) is 4.63. The smallest absolute Gasteiger partial charge is 0.338 e. The zero-order valence-corrected chi connectivity index (χ0v) is 19.2. The molecule has 1 heterocycles. The monoisotopic (exact) mass is 500 g/mol. The molecule has 36 heavy (non-hydrogen) atoms. The highest BCUT2D eigenvalue weighted by Gasteiger charge is 2.37. The van der Waals surface area contributed by atoms with Crippen LogP contribution in [0.5, 0.6) is 51.7 Å². The lowest BCUT2D eigenvalue weighted by Gasteiger charge is -2.34. The Kier molecular flexibility index (Phi) is 6.23. The highest BCUT2D eigenvalue weighted by atomic mass is 16.6. The lowest BCUT2D eigenvalue weighted by atomic mass is 9.93. The summed E-state index contributed by atoms with van der Waals surface area (Å²) in [7, 11) is 0. The zero-order chi connectivity index (χ0) is 26.3. The molecule has 0 aliphatic carbocycles. The van der Waals surface area contributed by atoms with Gasteiger partial charge in [-0.3, -0.25) is 0 Å². The summed E-state index contributed by atoms with van der Waals surface area (Å²) in [6.07, 6.45) is -2.77. The van der Waals surface area contributed by atoms with E-state index < -0.39 is 46.9 Å². The van der Waals surface area contributed by atoms with E-state index in [2.05, 4.69) is 0 Å². The molecule has 0 saturated carbocycles. The Bertz CT molecular complexity index is 1310. The van der Waals surface area contributed by atoms with Crippen molar-refractivity contribution in [3.63, 3.8) is 0 Å². The number of rotatable bonds is 5. The SMILES string of the molecule is CC(C)Oc1cc(C(=O)O[C@H]2Cc3c(O)cc(O)cc3O[C@@H]2c2cc(O)c(O)c(O)c2)cc(O)c1O. The molecule has 1 aliphatic rings. The zero-order valence-electron chi connectivity index (χ0n) is 19.2. The highest BCUT2D eigenvalue weighted by Crippen LogP contribution is 2.46. The van der Waals surface area contributed by atoms with Crippen molar-refractivity contribution in [3.8, 4) is 51.7 Å². The third-order valence-electron chi connectivity index (χ3n) is 5.50. The van der Waals surface area contributed by atoms with Crippen LogP contribution in [0, 0.1) is 0 Å². The van der Waals surface area contributed by atoms with Gasteiger partial charge in [0.1, 0.15) is 23.4 Å². The maximum Gasteiger partial charge on any atom is 0.338 e. The van der Waals surface area contributed by atoms with Gasteiger partial charge in [-0.05, 0) is 38.1 Å². The van der Waals surface area contributed by atoms with Gasteiger partial charge in [-0.25, -0.2) is 4.79 Å². The van der Waals surface area contributed by atoms with E-state index in [0.29, 0.717) is 0 Å². The molecule has 2 atom stereocenters. The molecule has 0 fully saturated rings. The largest absolute Gasteiger partial charge is 0.508 e. The van der Waals surface area contributed by atoms with Crippen molar-refractivity contribution < 1.29 is 54.8 Å². The van der Waals surface area contributed by atoms with Crippen molar-refractivity contribution in [2.75, 3.05) is 0 Å². The molecule has 11 heteroatoms. The maximum atomic E-state index is 13.1. The summed E-state index contributed by atoms with van der Waals surface area (Å²) in [6.45, 7) is 3.38. The van der Waals surface area contributed by atoms with Gasteiger partial charge in [-0.2, -0.15) is 0 Å². The molecule has 190 valence electrons. The molecule has 0 saturated heterocycles. The summed E-state index contributed by atoms with van der Waals surface area (Å²) < 4.78 is 17.0. The number of aromatic hydroxyl groups is 7. The van der Waals surface area contributed by atoms with Crippen LogP contribution in [0.3, 0.4) is 0 Å². The van der Waals surface area contributed by atoms with E-state index in [1.165, 1.54) is 12.1 Å². The van der Waals surface area contributed by atoms with Crippen molar-refractivity contribution >= 4 is 5.97 Å². The summed E-state index contributed by atoms with van der Waals surface area (Å²) in [6, 6.07) is 6.73. The van der Waals surface area contributed by atoms with Crippen LogP contribution in [-0.2, 0) is 11.2 Å².